The summed E-state index contributed by atoms with van der Waals surface area (Å²) in [7, 11) is 0. The lowest BCUT2D eigenvalue weighted by Crippen LogP contribution is -2.29. The number of benzene rings is 2. The first kappa shape index (κ1) is 23.9. The predicted octanol–water partition coefficient (Wildman–Crippen LogP) is 5.13. The average molecular weight is 462 g/mol. The second-order valence-corrected chi connectivity index (χ2v) is 8.75. The van der Waals surface area contributed by atoms with Crippen molar-refractivity contribution in [1.29, 1.82) is 0 Å². The van der Waals surface area contributed by atoms with E-state index in [1.54, 1.807) is 12.3 Å². The fourth-order valence-corrected chi connectivity index (χ4v) is 4.32. The minimum atomic E-state index is -0.259. The SMILES string of the molecule is CCOc1ccc(-c2ccc(CC(=O)NCc3cc(F)cc(CN4CCCCC4)c3)nc2)cc1. The number of pyridine rings is 1. The maximum atomic E-state index is 14.1. The second kappa shape index (κ2) is 11.7. The minimum absolute atomic E-state index is 0.136. The van der Waals surface area contributed by atoms with E-state index in [0.29, 0.717) is 18.8 Å². The van der Waals surface area contributed by atoms with Crippen LogP contribution >= 0.6 is 0 Å². The van der Waals surface area contributed by atoms with Gasteiger partial charge in [0.1, 0.15) is 11.6 Å². The highest BCUT2D eigenvalue weighted by atomic mass is 19.1. The molecule has 1 amide bonds. The van der Waals surface area contributed by atoms with Crippen LogP contribution in [0.3, 0.4) is 0 Å². The summed E-state index contributed by atoms with van der Waals surface area (Å²) < 4.78 is 19.6. The molecule has 1 aliphatic rings. The van der Waals surface area contributed by atoms with Crippen molar-refractivity contribution in [3.8, 4) is 16.9 Å². The molecular weight excluding hydrogens is 429 g/mol. The highest BCUT2D eigenvalue weighted by molar-refractivity contribution is 5.78. The number of aromatic nitrogens is 1. The normalized spacial score (nSPS) is 14.1. The van der Waals surface area contributed by atoms with Crippen LogP contribution in [-0.4, -0.2) is 35.5 Å². The van der Waals surface area contributed by atoms with E-state index in [-0.39, 0.29) is 18.1 Å². The molecule has 178 valence electrons. The van der Waals surface area contributed by atoms with Crippen LogP contribution < -0.4 is 10.1 Å². The van der Waals surface area contributed by atoms with Crippen LogP contribution in [0, 0.1) is 5.82 Å². The van der Waals surface area contributed by atoms with Gasteiger partial charge in [-0.05, 0) is 79.9 Å². The van der Waals surface area contributed by atoms with Crippen molar-refractivity contribution in [1.82, 2.24) is 15.2 Å². The number of likely N-dealkylation sites (tertiary alicyclic amines) is 1. The van der Waals surface area contributed by atoms with Crippen LogP contribution in [0.1, 0.15) is 43.0 Å². The summed E-state index contributed by atoms with van der Waals surface area (Å²) in [6.45, 7) is 5.77. The number of ether oxygens (including phenoxy) is 1. The third-order valence-electron chi connectivity index (χ3n) is 6.03. The van der Waals surface area contributed by atoms with Crippen LogP contribution in [0.2, 0.25) is 0 Å². The number of rotatable bonds is 9. The Kier molecular flexibility index (Phi) is 8.26. The molecule has 0 saturated carbocycles. The first-order valence-corrected chi connectivity index (χ1v) is 12.0. The van der Waals surface area contributed by atoms with Crippen molar-refractivity contribution in [2.24, 2.45) is 0 Å². The Bertz CT molecular complexity index is 1080. The Morgan fingerprint density at radius 2 is 1.74 bits per heavy atom. The highest BCUT2D eigenvalue weighted by Gasteiger charge is 2.12. The molecule has 0 spiro atoms. The molecule has 0 bridgehead atoms. The lowest BCUT2D eigenvalue weighted by molar-refractivity contribution is -0.120. The Hall–Kier alpha value is -3.25. The van der Waals surface area contributed by atoms with Crippen LogP contribution in [0.4, 0.5) is 4.39 Å². The number of halogens is 1. The van der Waals surface area contributed by atoms with Crippen LogP contribution in [0.5, 0.6) is 5.75 Å². The van der Waals surface area contributed by atoms with E-state index in [1.807, 2.05) is 49.4 Å². The molecule has 34 heavy (non-hydrogen) atoms. The summed E-state index contributed by atoms with van der Waals surface area (Å²) in [5.74, 6) is 0.442. The molecule has 1 N–H and O–H groups in total. The number of nitrogens with one attached hydrogen (secondary N) is 1. The molecule has 0 radical (unpaired) electrons. The molecule has 1 saturated heterocycles. The van der Waals surface area contributed by atoms with E-state index < -0.39 is 0 Å². The van der Waals surface area contributed by atoms with E-state index in [4.69, 9.17) is 4.74 Å². The van der Waals surface area contributed by atoms with Gasteiger partial charge in [0.25, 0.3) is 0 Å². The Morgan fingerprint density at radius 3 is 2.44 bits per heavy atom. The van der Waals surface area contributed by atoms with E-state index >= 15 is 0 Å². The van der Waals surface area contributed by atoms with Gasteiger partial charge in [0.15, 0.2) is 0 Å². The summed E-state index contributed by atoms with van der Waals surface area (Å²) >= 11 is 0. The molecule has 5 nitrogen and oxygen atoms in total. The highest BCUT2D eigenvalue weighted by Crippen LogP contribution is 2.22. The Balaban J connectivity index is 1.29. The molecule has 0 aliphatic carbocycles. The molecule has 2 aromatic carbocycles. The van der Waals surface area contributed by atoms with Crippen molar-refractivity contribution in [2.45, 2.75) is 45.7 Å². The quantitative estimate of drug-likeness (QED) is 0.480. The van der Waals surface area contributed by atoms with Gasteiger partial charge in [-0.15, -0.1) is 0 Å². The molecule has 0 atom stereocenters. The Morgan fingerprint density at radius 1 is 1.00 bits per heavy atom. The number of carbonyl (C=O) groups is 1. The van der Waals surface area contributed by atoms with Crippen molar-refractivity contribution < 1.29 is 13.9 Å². The molecule has 2 heterocycles. The summed E-state index contributed by atoms with van der Waals surface area (Å²) in [5, 5.41) is 2.90. The summed E-state index contributed by atoms with van der Waals surface area (Å²) in [6.07, 6.45) is 5.63. The van der Waals surface area contributed by atoms with E-state index in [9.17, 15) is 9.18 Å². The van der Waals surface area contributed by atoms with Crippen LogP contribution in [0.25, 0.3) is 11.1 Å². The third-order valence-corrected chi connectivity index (χ3v) is 6.03. The average Bonchev–Trinajstić information content (AvgIpc) is 2.84. The summed E-state index contributed by atoms with van der Waals surface area (Å²) in [5.41, 5.74) is 4.45. The molecular formula is C28H32FN3O2. The molecule has 1 aromatic heterocycles. The van der Waals surface area contributed by atoms with E-state index in [0.717, 1.165) is 47.6 Å². The van der Waals surface area contributed by atoms with Crippen LogP contribution in [0.15, 0.2) is 60.8 Å². The number of amides is 1. The van der Waals surface area contributed by atoms with Gasteiger partial charge >= 0.3 is 0 Å². The molecule has 3 aromatic rings. The fourth-order valence-electron chi connectivity index (χ4n) is 4.32. The number of hydrogen-bond acceptors (Lipinski definition) is 4. The van der Waals surface area contributed by atoms with Gasteiger partial charge in [-0.25, -0.2) is 4.39 Å². The molecule has 0 unspecified atom stereocenters. The molecule has 4 rings (SSSR count). The van der Waals surface area contributed by atoms with Gasteiger partial charge in [-0.1, -0.05) is 30.7 Å². The van der Waals surface area contributed by atoms with Crippen LogP contribution in [-0.2, 0) is 24.3 Å². The summed E-state index contributed by atoms with van der Waals surface area (Å²) in [6, 6.07) is 16.8. The topological polar surface area (TPSA) is 54.5 Å². The van der Waals surface area contributed by atoms with Gasteiger partial charge in [-0.2, -0.15) is 0 Å². The smallest absolute Gasteiger partial charge is 0.226 e. The lowest BCUT2D eigenvalue weighted by atomic mass is 10.1. The zero-order valence-corrected chi connectivity index (χ0v) is 19.7. The molecule has 6 heteroatoms. The zero-order chi connectivity index (χ0) is 23.8. The first-order chi connectivity index (χ1) is 16.6. The standard InChI is InChI=1S/C28H32FN3O2/c1-2-34-27-10-7-23(8-11-27)24-6-9-26(30-19-24)17-28(33)31-18-21-14-22(16-25(29)15-21)20-32-12-4-3-5-13-32/h6-11,14-16,19H,2-5,12-13,17-18,20H2,1H3,(H,31,33). The Labute approximate surface area is 201 Å². The molecule has 1 fully saturated rings. The van der Waals surface area contributed by atoms with Gasteiger partial charge < -0.3 is 10.1 Å². The number of carbonyl (C=O) groups excluding carboxylic acids is 1. The van der Waals surface area contributed by atoms with Crippen molar-refractivity contribution in [3.05, 3.63) is 83.4 Å². The summed E-state index contributed by atoms with van der Waals surface area (Å²) in [4.78, 5) is 19.3. The second-order valence-electron chi connectivity index (χ2n) is 8.75. The molecule has 1 aliphatic heterocycles. The maximum absolute atomic E-state index is 14.1. The van der Waals surface area contributed by atoms with Gasteiger partial charge in [0.2, 0.25) is 5.91 Å². The number of hydrogen-bond donors (Lipinski definition) is 1. The number of nitrogens with zero attached hydrogens (tertiary/aromatic N) is 2. The van der Waals surface area contributed by atoms with Crippen molar-refractivity contribution in [2.75, 3.05) is 19.7 Å². The largest absolute Gasteiger partial charge is 0.494 e. The zero-order valence-electron chi connectivity index (χ0n) is 19.7. The predicted molar refractivity (Wildman–Crippen MR) is 132 cm³/mol. The first-order valence-electron chi connectivity index (χ1n) is 12.0. The van der Waals surface area contributed by atoms with Gasteiger partial charge in [-0.3, -0.25) is 14.7 Å². The van der Waals surface area contributed by atoms with Crippen molar-refractivity contribution >= 4 is 5.91 Å². The van der Waals surface area contributed by atoms with E-state index in [1.165, 1.54) is 25.3 Å². The lowest BCUT2D eigenvalue weighted by Gasteiger charge is -2.26. The third kappa shape index (κ3) is 6.87. The maximum Gasteiger partial charge on any atom is 0.226 e. The number of piperidine rings is 1. The van der Waals surface area contributed by atoms with Gasteiger partial charge in [0.05, 0.1) is 13.0 Å². The monoisotopic (exact) mass is 461 g/mol. The fraction of sp³-hybridized carbons (Fsp3) is 0.357. The minimum Gasteiger partial charge on any atom is -0.494 e. The van der Waals surface area contributed by atoms with Crippen molar-refractivity contribution in [3.63, 3.8) is 0 Å². The van der Waals surface area contributed by atoms with Gasteiger partial charge in [0, 0.05) is 30.5 Å². The van der Waals surface area contributed by atoms with E-state index in [2.05, 4.69) is 15.2 Å².